The fourth-order valence-electron chi connectivity index (χ4n) is 1.46. The molecule has 0 aliphatic carbocycles. The summed E-state index contributed by atoms with van der Waals surface area (Å²) in [4.78, 5) is 0. The highest BCUT2D eigenvalue weighted by atomic mass is 79.9. The van der Waals surface area contributed by atoms with E-state index in [9.17, 15) is 4.21 Å². The molecule has 1 atom stereocenters. The first kappa shape index (κ1) is 13.4. The number of hydrogen-bond donors (Lipinski definition) is 0. The van der Waals surface area contributed by atoms with Crippen LogP contribution in [0.25, 0.3) is 5.69 Å². The monoisotopic (exact) mass is 439 g/mol. The third-order valence-corrected chi connectivity index (χ3v) is 10.8. The number of halogens is 3. The van der Waals surface area contributed by atoms with Crippen LogP contribution in [0.1, 0.15) is 0 Å². The lowest BCUT2D eigenvalue weighted by molar-refractivity contribution is 0.685. The van der Waals surface area contributed by atoms with E-state index in [1.165, 1.54) is 0 Å². The molecule has 1 aromatic carbocycles. The molecule has 6 heteroatoms. The maximum absolute atomic E-state index is 12.5. The summed E-state index contributed by atoms with van der Waals surface area (Å²) in [5.41, 5.74) is 0.973. The molecule has 17 heavy (non-hydrogen) atoms. The summed E-state index contributed by atoms with van der Waals surface area (Å²) in [7, 11) is -2.44. The molecule has 1 heterocycles. The van der Waals surface area contributed by atoms with Crippen LogP contribution in [0, 0.1) is 0 Å². The topological polar surface area (TPSA) is 22.0 Å². The smallest absolute Gasteiger partial charge is 0.129 e. The van der Waals surface area contributed by atoms with Crippen molar-refractivity contribution in [3.05, 3.63) is 48.7 Å². The molecule has 0 aliphatic heterocycles. The van der Waals surface area contributed by atoms with Gasteiger partial charge in [-0.05, 0) is 56.1 Å². The van der Waals surface area contributed by atoms with Gasteiger partial charge in [0, 0.05) is 26.7 Å². The van der Waals surface area contributed by atoms with E-state index in [0.29, 0.717) is 7.71 Å². The van der Waals surface area contributed by atoms with Gasteiger partial charge in [0.25, 0.3) is 0 Å². The van der Waals surface area contributed by atoms with Crippen LogP contribution in [0.2, 0.25) is 0 Å². The molecule has 0 bridgehead atoms. The fourth-order valence-corrected chi connectivity index (χ4v) is 4.08. The van der Waals surface area contributed by atoms with E-state index >= 15 is 0 Å². The zero-order valence-corrected chi connectivity index (χ0v) is 14.1. The Morgan fingerprint density at radius 1 is 1.06 bits per heavy atom. The number of para-hydroxylation sites is 1. The average molecular weight is 442 g/mol. The van der Waals surface area contributed by atoms with Gasteiger partial charge >= 0.3 is 0 Å². The highest BCUT2D eigenvalue weighted by Crippen LogP contribution is 2.27. The molecule has 2 rings (SSSR count). The van der Waals surface area contributed by atoms with Gasteiger partial charge in [-0.15, -0.1) is 0 Å². The van der Waals surface area contributed by atoms with Crippen molar-refractivity contribution in [3.8, 4) is 5.69 Å². The maximum atomic E-state index is 12.5. The second-order valence-corrected chi connectivity index (χ2v) is 11.5. The second kappa shape index (κ2) is 5.30. The summed E-state index contributed by atoms with van der Waals surface area (Å²) in [6.45, 7) is 0. The van der Waals surface area contributed by atoms with E-state index < -0.39 is 7.96 Å². The summed E-state index contributed by atoms with van der Waals surface area (Å²) in [6, 6.07) is 13.5. The third kappa shape index (κ3) is 2.70. The summed E-state index contributed by atoms with van der Waals surface area (Å²) in [6.07, 6.45) is 1.88. The Morgan fingerprint density at radius 2 is 1.71 bits per heavy atom. The summed E-state index contributed by atoms with van der Waals surface area (Å²) in [5.74, 6) is 0. The molecule has 0 aliphatic rings. The molecule has 2 aromatic rings. The maximum Gasteiger partial charge on any atom is 0.129 e. The molecule has 1 unspecified atom stereocenters. The first-order valence-corrected chi connectivity index (χ1v) is 9.67. The predicted molar refractivity (Wildman–Crippen MR) is 84.0 cm³/mol. The first-order chi connectivity index (χ1) is 8.03. The average Bonchev–Trinajstić information content (AvgIpc) is 2.79. The minimum atomic E-state index is -2.44. The summed E-state index contributed by atoms with van der Waals surface area (Å²) >= 11 is 9.70. The van der Waals surface area contributed by atoms with Crippen molar-refractivity contribution in [2.45, 2.75) is 5.03 Å². The van der Waals surface area contributed by atoms with Crippen LogP contribution >= 0.6 is 46.7 Å². The SMILES string of the molecule is O=S(Br)(=C(Br)Br)c1cccn1-c1ccccc1. The van der Waals surface area contributed by atoms with Crippen molar-refractivity contribution in [3.63, 3.8) is 0 Å². The lowest BCUT2D eigenvalue weighted by atomic mass is 10.3. The number of rotatable bonds is 2. The number of nitrogens with zero attached hydrogens (tertiary/aromatic N) is 1. The van der Waals surface area contributed by atoms with E-state index in [4.69, 9.17) is 0 Å². The molecule has 0 N–H and O–H groups in total. The normalized spacial score (nSPS) is 14.3. The Balaban J connectivity index is 2.67. The van der Waals surface area contributed by atoms with Crippen LogP contribution in [0.15, 0.2) is 53.7 Å². The van der Waals surface area contributed by atoms with Crippen LogP contribution in [0.3, 0.4) is 0 Å². The summed E-state index contributed by atoms with van der Waals surface area (Å²) in [5, 5.41) is 0.687. The van der Waals surface area contributed by atoms with Gasteiger partial charge in [-0.25, -0.2) is 4.21 Å². The van der Waals surface area contributed by atoms with E-state index in [1.54, 1.807) is 0 Å². The molecule has 90 valence electrons. The Morgan fingerprint density at radius 3 is 2.29 bits per heavy atom. The minimum absolute atomic E-state index is 0.494. The van der Waals surface area contributed by atoms with E-state index in [1.807, 2.05) is 53.2 Å². The van der Waals surface area contributed by atoms with Gasteiger partial charge in [-0.1, -0.05) is 18.2 Å². The zero-order chi connectivity index (χ0) is 12.5. The Bertz CT molecular complexity index is 638. The molecule has 0 spiro atoms. The molecular formula is C11H8Br3NOS. The van der Waals surface area contributed by atoms with Crippen molar-refractivity contribution >= 4 is 57.3 Å². The van der Waals surface area contributed by atoms with E-state index in [-0.39, 0.29) is 0 Å². The van der Waals surface area contributed by atoms with Gasteiger partial charge in [0.15, 0.2) is 0 Å². The highest BCUT2D eigenvalue weighted by Gasteiger charge is 2.16. The Labute approximate surface area is 124 Å². The predicted octanol–water partition coefficient (Wildman–Crippen LogP) is 4.31. The van der Waals surface area contributed by atoms with Crippen LogP contribution < -0.4 is 0 Å². The molecule has 0 radical (unpaired) electrons. The third-order valence-electron chi connectivity index (χ3n) is 2.21. The van der Waals surface area contributed by atoms with Crippen LogP contribution in [-0.2, 0) is 7.96 Å². The molecule has 0 amide bonds. The molecule has 2 nitrogen and oxygen atoms in total. The summed E-state index contributed by atoms with van der Waals surface area (Å²) < 4.78 is 14.9. The molecule has 0 fully saturated rings. The van der Waals surface area contributed by atoms with Gasteiger partial charge in [-0.3, -0.25) is 0 Å². The number of benzene rings is 1. The standard InChI is InChI=1S/C11H8Br3NOS/c12-11(13)17(14,16)10-7-4-8-15(10)9-5-2-1-3-6-9/h1-8H. The Hall–Kier alpha value is -0.0400. The van der Waals surface area contributed by atoms with Crippen molar-refractivity contribution in [2.24, 2.45) is 0 Å². The molecule has 1 aromatic heterocycles. The quantitative estimate of drug-likeness (QED) is 0.503. The van der Waals surface area contributed by atoms with Crippen LogP contribution in [0.5, 0.6) is 0 Å². The molecule has 0 saturated carbocycles. The van der Waals surface area contributed by atoms with Crippen molar-refractivity contribution in [1.82, 2.24) is 4.57 Å². The lowest BCUT2D eigenvalue weighted by Gasteiger charge is -2.10. The van der Waals surface area contributed by atoms with E-state index in [0.717, 1.165) is 5.69 Å². The number of aromatic nitrogens is 1. The second-order valence-electron chi connectivity index (χ2n) is 3.26. The highest BCUT2D eigenvalue weighted by molar-refractivity contribution is 9.55. The van der Waals surface area contributed by atoms with Crippen molar-refractivity contribution in [1.29, 1.82) is 0 Å². The van der Waals surface area contributed by atoms with Gasteiger partial charge in [0.05, 0.1) is 7.96 Å². The van der Waals surface area contributed by atoms with Gasteiger partial charge in [0.1, 0.15) is 7.71 Å². The fraction of sp³-hybridized carbons (Fsp3) is 0. The van der Waals surface area contributed by atoms with Crippen molar-refractivity contribution in [2.75, 3.05) is 0 Å². The van der Waals surface area contributed by atoms with Crippen molar-refractivity contribution < 1.29 is 4.21 Å². The molecular weight excluding hydrogens is 434 g/mol. The van der Waals surface area contributed by atoms with Gasteiger partial charge < -0.3 is 4.57 Å². The molecule has 0 saturated heterocycles. The number of hydrogen-bond acceptors (Lipinski definition) is 1. The van der Waals surface area contributed by atoms with Crippen LogP contribution in [0.4, 0.5) is 0 Å². The van der Waals surface area contributed by atoms with E-state index in [2.05, 4.69) is 46.7 Å². The van der Waals surface area contributed by atoms with Gasteiger partial charge in [-0.2, -0.15) is 0 Å². The van der Waals surface area contributed by atoms with Crippen LogP contribution in [-0.4, -0.2) is 11.5 Å². The largest absolute Gasteiger partial charge is 0.309 e. The lowest BCUT2D eigenvalue weighted by Crippen LogP contribution is -2.04. The first-order valence-electron chi connectivity index (χ1n) is 4.68. The van der Waals surface area contributed by atoms with Gasteiger partial charge in [0.2, 0.25) is 0 Å². The Kier molecular flexibility index (Phi) is 4.18. The zero-order valence-electron chi connectivity index (χ0n) is 8.52. The minimum Gasteiger partial charge on any atom is -0.309 e.